The van der Waals surface area contributed by atoms with Gasteiger partial charge in [0.2, 0.25) is 0 Å². The van der Waals surface area contributed by atoms with Crippen LogP contribution in [0.15, 0.2) is 70.7 Å². The second-order valence-electron chi connectivity index (χ2n) is 7.46. The van der Waals surface area contributed by atoms with Crippen LogP contribution < -0.4 is 14.8 Å². The number of nitrogens with one attached hydrogen (secondary N) is 1. The Morgan fingerprint density at radius 3 is 2.51 bits per heavy atom. The summed E-state index contributed by atoms with van der Waals surface area (Å²) >= 11 is 3.46. The van der Waals surface area contributed by atoms with Gasteiger partial charge in [0.25, 0.3) is 11.6 Å². The van der Waals surface area contributed by atoms with Gasteiger partial charge >= 0.3 is 0 Å². The standard InChI is InChI=1S/C26H22BrN3O5/c1-3-34-24-13-19(12-20(15-28)26(31)29-21-9-7-17(2)8-10-21)23(27)14-25(24)35-16-18-5-4-6-22(11-18)30(32)33/h4-14H,3,16H2,1-2H3,(H,29,31)/b20-12+. The molecule has 3 rings (SSSR count). The highest BCUT2D eigenvalue weighted by molar-refractivity contribution is 9.10. The maximum atomic E-state index is 12.6. The van der Waals surface area contributed by atoms with E-state index in [2.05, 4.69) is 21.2 Å². The molecular formula is C26H22BrN3O5. The van der Waals surface area contributed by atoms with Gasteiger partial charge in [-0.1, -0.05) is 45.8 Å². The van der Waals surface area contributed by atoms with Crippen molar-refractivity contribution < 1.29 is 19.2 Å². The number of amides is 1. The van der Waals surface area contributed by atoms with E-state index in [1.807, 2.05) is 32.0 Å². The first kappa shape index (κ1) is 25.5. The van der Waals surface area contributed by atoms with Gasteiger partial charge < -0.3 is 14.8 Å². The summed E-state index contributed by atoms with van der Waals surface area (Å²) in [6, 6.07) is 18.7. The van der Waals surface area contributed by atoms with Crippen molar-refractivity contribution in [1.29, 1.82) is 5.26 Å². The lowest BCUT2D eigenvalue weighted by Crippen LogP contribution is -2.13. The van der Waals surface area contributed by atoms with E-state index in [9.17, 15) is 20.2 Å². The molecular weight excluding hydrogens is 514 g/mol. The number of hydrogen-bond donors (Lipinski definition) is 1. The fraction of sp³-hybridized carbons (Fsp3) is 0.154. The maximum absolute atomic E-state index is 12.6. The van der Waals surface area contributed by atoms with E-state index >= 15 is 0 Å². The smallest absolute Gasteiger partial charge is 0.269 e. The number of ether oxygens (including phenoxy) is 2. The highest BCUT2D eigenvalue weighted by Gasteiger charge is 2.15. The number of rotatable bonds is 9. The molecule has 1 amide bonds. The third-order valence-corrected chi connectivity index (χ3v) is 5.54. The summed E-state index contributed by atoms with van der Waals surface area (Å²) in [6.45, 7) is 4.21. The second kappa shape index (κ2) is 11.8. The van der Waals surface area contributed by atoms with Crippen molar-refractivity contribution in [3.63, 3.8) is 0 Å². The average molecular weight is 536 g/mol. The molecule has 3 aromatic rings. The number of nitriles is 1. The quantitative estimate of drug-likeness (QED) is 0.151. The van der Waals surface area contributed by atoms with Gasteiger partial charge in [0.1, 0.15) is 18.2 Å². The van der Waals surface area contributed by atoms with E-state index in [-0.39, 0.29) is 17.9 Å². The third kappa shape index (κ3) is 6.91. The van der Waals surface area contributed by atoms with Gasteiger partial charge in [0.05, 0.1) is 11.5 Å². The van der Waals surface area contributed by atoms with Crippen LogP contribution in [0.2, 0.25) is 0 Å². The minimum Gasteiger partial charge on any atom is -0.490 e. The zero-order valence-corrected chi connectivity index (χ0v) is 20.7. The summed E-state index contributed by atoms with van der Waals surface area (Å²) in [7, 11) is 0. The number of nitro benzene ring substituents is 1. The third-order valence-electron chi connectivity index (χ3n) is 4.85. The number of carbonyl (C=O) groups is 1. The van der Waals surface area contributed by atoms with Crippen molar-refractivity contribution in [2.24, 2.45) is 0 Å². The number of nitro groups is 1. The Balaban J connectivity index is 1.84. The van der Waals surface area contributed by atoms with Crippen LogP contribution >= 0.6 is 15.9 Å². The molecule has 0 aliphatic heterocycles. The molecule has 8 nitrogen and oxygen atoms in total. The van der Waals surface area contributed by atoms with Crippen LogP contribution in [0, 0.1) is 28.4 Å². The van der Waals surface area contributed by atoms with Gasteiger partial charge in [-0.15, -0.1) is 0 Å². The largest absolute Gasteiger partial charge is 0.490 e. The maximum Gasteiger partial charge on any atom is 0.269 e. The lowest BCUT2D eigenvalue weighted by atomic mass is 10.1. The van der Waals surface area contributed by atoms with Crippen LogP contribution in [0.25, 0.3) is 6.08 Å². The Morgan fingerprint density at radius 1 is 1.14 bits per heavy atom. The highest BCUT2D eigenvalue weighted by Crippen LogP contribution is 2.35. The highest BCUT2D eigenvalue weighted by atomic mass is 79.9. The number of benzene rings is 3. The molecule has 3 aromatic carbocycles. The van der Waals surface area contributed by atoms with Crippen LogP contribution in [-0.2, 0) is 11.4 Å². The lowest BCUT2D eigenvalue weighted by molar-refractivity contribution is -0.384. The summed E-state index contributed by atoms with van der Waals surface area (Å²) < 4.78 is 12.1. The Bertz CT molecular complexity index is 1310. The Labute approximate surface area is 211 Å². The molecule has 0 fully saturated rings. The first-order valence-corrected chi connectivity index (χ1v) is 11.4. The first-order valence-electron chi connectivity index (χ1n) is 10.6. The predicted molar refractivity (Wildman–Crippen MR) is 136 cm³/mol. The molecule has 0 saturated heterocycles. The number of nitrogens with zero attached hydrogens (tertiary/aromatic N) is 2. The molecule has 0 aromatic heterocycles. The van der Waals surface area contributed by atoms with E-state index in [1.54, 1.807) is 36.4 Å². The summed E-state index contributed by atoms with van der Waals surface area (Å²) in [5.41, 5.74) is 2.71. The van der Waals surface area contributed by atoms with Crippen LogP contribution in [-0.4, -0.2) is 17.4 Å². The van der Waals surface area contributed by atoms with Crippen LogP contribution in [0.1, 0.15) is 23.6 Å². The predicted octanol–water partition coefficient (Wildman–Crippen LogP) is 6.19. The van der Waals surface area contributed by atoms with Crippen molar-refractivity contribution in [1.82, 2.24) is 0 Å². The number of hydrogen-bond acceptors (Lipinski definition) is 6. The molecule has 0 atom stereocenters. The van der Waals surface area contributed by atoms with E-state index in [0.717, 1.165) is 5.56 Å². The minimum atomic E-state index is -0.535. The van der Waals surface area contributed by atoms with Gasteiger partial charge in [-0.3, -0.25) is 14.9 Å². The van der Waals surface area contributed by atoms with Gasteiger partial charge in [-0.2, -0.15) is 5.26 Å². The van der Waals surface area contributed by atoms with E-state index in [1.165, 1.54) is 18.2 Å². The molecule has 0 spiro atoms. The van der Waals surface area contributed by atoms with Crippen LogP contribution in [0.3, 0.4) is 0 Å². The molecule has 178 valence electrons. The fourth-order valence-electron chi connectivity index (χ4n) is 3.10. The summed E-state index contributed by atoms with van der Waals surface area (Å²) in [4.78, 5) is 23.2. The summed E-state index contributed by atoms with van der Waals surface area (Å²) in [5.74, 6) is 0.279. The Kier molecular flexibility index (Phi) is 8.59. The van der Waals surface area contributed by atoms with Crippen molar-refractivity contribution in [2.45, 2.75) is 20.5 Å². The fourth-order valence-corrected chi connectivity index (χ4v) is 3.54. The SMILES string of the molecule is CCOc1cc(/C=C(\C#N)C(=O)Nc2ccc(C)cc2)c(Br)cc1OCc1cccc([N+](=O)[O-])c1. The summed E-state index contributed by atoms with van der Waals surface area (Å²) in [6.07, 6.45) is 1.46. The molecule has 1 N–H and O–H groups in total. The van der Waals surface area contributed by atoms with Gasteiger partial charge in [-0.25, -0.2) is 0 Å². The molecule has 0 unspecified atom stereocenters. The zero-order chi connectivity index (χ0) is 25.4. The number of anilines is 1. The van der Waals surface area contributed by atoms with Crippen molar-refractivity contribution in [3.05, 3.63) is 97.5 Å². The lowest BCUT2D eigenvalue weighted by Gasteiger charge is -2.14. The van der Waals surface area contributed by atoms with Crippen LogP contribution in [0.5, 0.6) is 11.5 Å². The van der Waals surface area contributed by atoms with Gasteiger partial charge in [0, 0.05) is 22.3 Å². The molecule has 0 aliphatic rings. The molecule has 0 heterocycles. The molecule has 35 heavy (non-hydrogen) atoms. The molecule has 0 radical (unpaired) electrons. The molecule has 0 bridgehead atoms. The summed E-state index contributed by atoms with van der Waals surface area (Å²) in [5, 5.41) is 23.3. The minimum absolute atomic E-state index is 0.0225. The zero-order valence-electron chi connectivity index (χ0n) is 19.1. The van der Waals surface area contributed by atoms with Crippen molar-refractivity contribution >= 4 is 39.3 Å². The average Bonchev–Trinajstić information content (AvgIpc) is 2.84. The number of carbonyl (C=O) groups excluding carboxylic acids is 1. The number of aryl methyl sites for hydroxylation is 1. The molecule has 0 saturated carbocycles. The monoisotopic (exact) mass is 535 g/mol. The van der Waals surface area contributed by atoms with Crippen molar-refractivity contribution in [3.8, 4) is 17.6 Å². The number of non-ortho nitro benzene ring substituents is 1. The number of halogens is 1. The van der Waals surface area contributed by atoms with Gasteiger partial charge in [-0.05, 0) is 55.3 Å². The second-order valence-corrected chi connectivity index (χ2v) is 8.31. The Morgan fingerprint density at radius 2 is 1.86 bits per heavy atom. The van der Waals surface area contributed by atoms with E-state index in [0.29, 0.717) is 39.4 Å². The Hall–Kier alpha value is -4.16. The van der Waals surface area contributed by atoms with Crippen molar-refractivity contribution in [2.75, 3.05) is 11.9 Å². The molecule has 0 aliphatic carbocycles. The normalized spacial score (nSPS) is 10.9. The first-order chi connectivity index (χ1) is 16.8. The topological polar surface area (TPSA) is 114 Å². The van der Waals surface area contributed by atoms with Gasteiger partial charge in [0.15, 0.2) is 11.5 Å². The molecule has 9 heteroatoms. The van der Waals surface area contributed by atoms with E-state index in [4.69, 9.17) is 9.47 Å². The van der Waals surface area contributed by atoms with Crippen LogP contribution in [0.4, 0.5) is 11.4 Å². The van der Waals surface area contributed by atoms with E-state index < -0.39 is 10.8 Å².